The Labute approximate surface area is 178 Å². The number of anilines is 2. The number of nitro benzene ring substituents is 1. The molecule has 31 heavy (non-hydrogen) atoms. The first kappa shape index (κ1) is 22.3. The van der Waals surface area contributed by atoms with Crippen LogP contribution >= 0.6 is 11.6 Å². The molecule has 0 saturated carbocycles. The summed E-state index contributed by atoms with van der Waals surface area (Å²) in [5, 5.41) is 13.2. The fourth-order valence-corrected chi connectivity index (χ4v) is 3.32. The van der Waals surface area contributed by atoms with Crippen molar-refractivity contribution in [2.75, 3.05) is 23.9 Å². The van der Waals surface area contributed by atoms with Gasteiger partial charge in [0, 0.05) is 19.0 Å². The van der Waals surface area contributed by atoms with Crippen LogP contribution in [0.4, 0.5) is 30.2 Å². The molecular weight excluding hydrogens is 443 g/mol. The molecule has 1 atom stereocenters. The molecule has 0 radical (unpaired) electrons. The Morgan fingerprint density at radius 1 is 1.29 bits per heavy atom. The predicted octanol–water partition coefficient (Wildman–Crippen LogP) is 4.27. The van der Waals surface area contributed by atoms with E-state index >= 15 is 0 Å². The number of ether oxygens (including phenoxy) is 1. The molecule has 1 fully saturated rings. The Balaban J connectivity index is 1.79. The van der Waals surface area contributed by atoms with Crippen LogP contribution in [0.25, 0.3) is 0 Å². The number of carbonyl (C=O) groups excluding carboxylic acids is 2. The summed E-state index contributed by atoms with van der Waals surface area (Å²) in [5.41, 5.74) is -1.20. The van der Waals surface area contributed by atoms with E-state index in [0.717, 1.165) is 18.2 Å². The first-order valence-electron chi connectivity index (χ1n) is 8.81. The highest BCUT2D eigenvalue weighted by atomic mass is 35.5. The monoisotopic (exact) mass is 457 g/mol. The quantitative estimate of drug-likeness (QED) is 0.533. The van der Waals surface area contributed by atoms with Gasteiger partial charge >= 0.3 is 6.18 Å². The number of halogens is 4. The maximum atomic E-state index is 12.9. The SMILES string of the molecule is COc1cc([N+](=O)[O-])ccc1N1C[C@H](C(=O)Nc2cc(C(F)(F)F)ccc2Cl)CC1=O. The summed E-state index contributed by atoms with van der Waals surface area (Å²) >= 11 is 5.90. The minimum absolute atomic E-state index is 0.0736. The number of rotatable bonds is 5. The van der Waals surface area contributed by atoms with E-state index in [1.165, 1.54) is 24.1 Å². The van der Waals surface area contributed by atoms with Crippen molar-refractivity contribution in [2.45, 2.75) is 12.6 Å². The van der Waals surface area contributed by atoms with Gasteiger partial charge in [-0.25, -0.2) is 0 Å². The zero-order chi connectivity index (χ0) is 22.9. The van der Waals surface area contributed by atoms with Gasteiger partial charge in [-0.3, -0.25) is 19.7 Å². The summed E-state index contributed by atoms with van der Waals surface area (Å²) < 4.78 is 43.9. The number of alkyl halides is 3. The van der Waals surface area contributed by atoms with Gasteiger partial charge in [-0.2, -0.15) is 13.2 Å². The lowest BCUT2D eigenvalue weighted by Crippen LogP contribution is -2.28. The van der Waals surface area contributed by atoms with Crippen molar-refractivity contribution in [3.05, 3.63) is 57.1 Å². The van der Waals surface area contributed by atoms with Gasteiger partial charge in [0.2, 0.25) is 11.8 Å². The van der Waals surface area contributed by atoms with Gasteiger partial charge in [0.25, 0.3) is 5.69 Å². The molecule has 0 spiro atoms. The number of hydrogen-bond donors (Lipinski definition) is 1. The van der Waals surface area contributed by atoms with Crippen LogP contribution in [0, 0.1) is 16.0 Å². The average Bonchev–Trinajstić information content (AvgIpc) is 3.09. The van der Waals surface area contributed by atoms with Gasteiger partial charge in [0.05, 0.1) is 46.0 Å². The smallest absolute Gasteiger partial charge is 0.416 e. The van der Waals surface area contributed by atoms with Crippen molar-refractivity contribution in [3.63, 3.8) is 0 Å². The third-order valence-corrected chi connectivity index (χ3v) is 5.04. The first-order chi connectivity index (χ1) is 14.5. The van der Waals surface area contributed by atoms with E-state index in [1.807, 2.05) is 0 Å². The number of non-ortho nitro benzene ring substituents is 1. The summed E-state index contributed by atoms with van der Waals surface area (Å²) in [5.74, 6) is -1.93. The first-order valence-corrected chi connectivity index (χ1v) is 9.19. The van der Waals surface area contributed by atoms with Crippen molar-refractivity contribution in [1.29, 1.82) is 0 Å². The highest BCUT2D eigenvalue weighted by molar-refractivity contribution is 6.33. The molecule has 1 aliphatic rings. The van der Waals surface area contributed by atoms with E-state index < -0.39 is 34.4 Å². The molecule has 0 aromatic heterocycles. The standard InChI is InChI=1S/C19H15ClF3N3O5/c1-31-16-8-12(26(29)30)3-5-15(16)25-9-10(6-17(25)27)18(28)24-14-7-11(19(21,22)23)2-4-13(14)20/h2-5,7-8,10H,6,9H2,1H3,(H,24,28)/t10-/m1/s1. The molecule has 0 bridgehead atoms. The summed E-state index contributed by atoms with van der Waals surface area (Å²) in [7, 11) is 1.28. The Morgan fingerprint density at radius 2 is 2.00 bits per heavy atom. The van der Waals surface area contributed by atoms with Gasteiger partial charge in [-0.15, -0.1) is 0 Å². The summed E-state index contributed by atoms with van der Waals surface area (Å²) in [6.45, 7) is -0.0879. The summed E-state index contributed by atoms with van der Waals surface area (Å²) in [6, 6.07) is 6.21. The van der Waals surface area contributed by atoms with Crippen LogP contribution in [-0.2, 0) is 15.8 Å². The van der Waals surface area contributed by atoms with Crippen LogP contribution in [0.5, 0.6) is 5.75 Å². The van der Waals surface area contributed by atoms with Crippen molar-refractivity contribution in [1.82, 2.24) is 0 Å². The molecule has 12 heteroatoms. The van der Waals surface area contributed by atoms with E-state index in [2.05, 4.69) is 5.32 Å². The fourth-order valence-electron chi connectivity index (χ4n) is 3.15. The highest BCUT2D eigenvalue weighted by Crippen LogP contribution is 2.37. The normalized spacial score (nSPS) is 16.4. The molecule has 1 N–H and O–H groups in total. The van der Waals surface area contributed by atoms with Crippen molar-refractivity contribution >= 4 is 40.5 Å². The molecule has 8 nitrogen and oxygen atoms in total. The average molecular weight is 458 g/mol. The second-order valence-electron chi connectivity index (χ2n) is 6.70. The molecule has 3 rings (SSSR count). The number of nitrogens with one attached hydrogen (secondary N) is 1. The van der Waals surface area contributed by atoms with E-state index in [-0.39, 0.29) is 40.8 Å². The molecule has 1 heterocycles. The number of amides is 2. The van der Waals surface area contributed by atoms with Gasteiger partial charge in [0.15, 0.2) is 0 Å². The highest BCUT2D eigenvalue weighted by Gasteiger charge is 2.37. The topological polar surface area (TPSA) is 102 Å². The molecule has 2 amide bonds. The number of benzene rings is 2. The predicted molar refractivity (Wildman–Crippen MR) is 105 cm³/mol. The third-order valence-electron chi connectivity index (χ3n) is 4.71. The maximum absolute atomic E-state index is 12.9. The second-order valence-corrected chi connectivity index (χ2v) is 7.11. The van der Waals surface area contributed by atoms with Crippen LogP contribution in [0.3, 0.4) is 0 Å². The number of hydrogen-bond acceptors (Lipinski definition) is 5. The van der Waals surface area contributed by atoms with Gasteiger partial charge in [-0.05, 0) is 24.3 Å². The lowest BCUT2D eigenvalue weighted by Gasteiger charge is -2.19. The molecule has 2 aromatic carbocycles. The summed E-state index contributed by atoms with van der Waals surface area (Å²) in [4.78, 5) is 36.6. The fraction of sp³-hybridized carbons (Fsp3) is 0.263. The maximum Gasteiger partial charge on any atom is 0.416 e. The van der Waals surface area contributed by atoms with Crippen molar-refractivity contribution < 1.29 is 32.4 Å². The number of carbonyl (C=O) groups is 2. The minimum atomic E-state index is -4.61. The Hall–Kier alpha value is -3.34. The van der Waals surface area contributed by atoms with Crippen LogP contribution < -0.4 is 15.0 Å². The molecule has 1 aliphatic heterocycles. The van der Waals surface area contributed by atoms with Gasteiger partial charge in [-0.1, -0.05) is 11.6 Å². The third kappa shape index (κ3) is 4.71. The Bertz CT molecular complexity index is 1060. The lowest BCUT2D eigenvalue weighted by molar-refractivity contribution is -0.384. The van der Waals surface area contributed by atoms with Crippen LogP contribution in [0.1, 0.15) is 12.0 Å². The zero-order valence-electron chi connectivity index (χ0n) is 15.9. The van der Waals surface area contributed by atoms with Gasteiger partial charge < -0.3 is 15.0 Å². The second kappa shape index (κ2) is 8.42. The lowest BCUT2D eigenvalue weighted by atomic mass is 10.1. The Morgan fingerprint density at radius 3 is 2.61 bits per heavy atom. The molecule has 0 unspecified atom stereocenters. The zero-order valence-corrected chi connectivity index (χ0v) is 16.7. The van der Waals surface area contributed by atoms with Gasteiger partial charge in [0.1, 0.15) is 5.75 Å². The molecule has 164 valence electrons. The van der Waals surface area contributed by atoms with E-state index in [9.17, 15) is 32.9 Å². The molecule has 1 saturated heterocycles. The molecular formula is C19H15ClF3N3O5. The van der Waals surface area contributed by atoms with Crippen molar-refractivity contribution in [3.8, 4) is 5.75 Å². The van der Waals surface area contributed by atoms with Crippen molar-refractivity contribution in [2.24, 2.45) is 5.92 Å². The number of methoxy groups -OCH3 is 1. The van der Waals surface area contributed by atoms with Crippen LogP contribution in [-0.4, -0.2) is 30.4 Å². The van der Waals surface area contributed by atoms with E-state index in [1.54, 1.807) is 0 Å². The largest absolute Gasteiger partial charge is 0.494 e. The summed E-state index contributed by atoms with van der Waals surface area (Å²) in [6.07, 6.45) is -4.82. The minimum Gasteiger partial charge on any atom is -0.494 e. The number of nitro groups is 1. The van der Waals surface area contributed by atoms with E-state index in [4.69, 9.17) is 16.3 Å². The van der Waals surface area contributed by atoms with Crippen LogP contribution in [0.2, 0.25) is 5.02 Å². The number of nitrogens with zero attached hydrogens (tertiary/aromatic N) is 2. The van der Waals surface area contributed by atoms with E-state index in [0.29, 0.717) is 6.07 Å². The van der Waals surface area contributed by atoms with Crippen LogP contribution in [0.15, 0.2) is 36.4 Å². The molecule has 2 aromatic rings. The Kier molecular flexibility index (Phi) is 6.07. The molecule has 0 aliphatic carbocycles.